The number of methoxy groups -OCH3 is 1. The molecule has 0 aliphatic heterocycles. The molecule has 1 heterocycles. The predicted molar refractivity (Wildman–Crippen MR) is 62.6 cm³/mol. The molecule has 0 bridgehead atoms. The summed E-state index contributed by atoms with van der Waals surface area (Å²) >= 11 is 5.52. The van der Waals surface area contributed by atoms with Crippen LogP contribution in [0, 0.1) is 17.3 Å². The van der Waals surface area contributed by atoms with Gasteiger partial charge >= 0.3 is 0 Å². The number of hydrogen-bond donors (Lipinski definition) is 1. The zero-order chi connectivity index (χ0) is 13.8. The Morgan fingerprint density at radius 3 is 2.94 bits per heavy atom. The van der Waals surface area contributed by atoms with Gasteiger partial charge in [-0.1, -0.05) is 11.6 Å². The summed E-state index contributed by atoms with van der Waals surface area (Å²) in [6.07, 6.45) is 1.04. The second-order valence-corrected chi connectivity index (χ2v) is 4.23. The summed E-state index contributed by atoms with van der Waals surface area (Å²) in [7, 11) is 1.41. The number of carbonyl (C=O) groups is 1. The van der Waals surface area contributed by atoms with Gasteiger partial charge in [0.2, 0.25) is 5.95 Å². The number of rotatable bonds is 4. The number of ether oxygens (including phenoxy) is 1. The molecule has 0 aromatic carbocycles. The second-order valence-electron chi connectivity index (χ2n) is 3.83. The van der Waals surface area contributed by atoms with E-state index in [1.54, 1.807) is 0 Å². The lowest BCUT2D eigenvalue weighted by Crippen LogP contribution is -2.48. The molecule has 18 heavy (non-hydrogen) atoms. The summed E-state index contributed by atoms with van der Waals surface area (Å²) < 4.78 is 17.7. The molecule has 0 fully saturated rings. The second kappa shape index (κ2) is 5.76. The summed E-state index contributed by atoms with van der Waals surface area (Å²) in [5.41, 5.74) is -1.11. The maximum absolute atomic E-state index is 12.8. The van der Waals surface area contributed by atoms with E-state index in [-0.39, 0.29) is 17.2 Å². The molecule has 0 saturated carbocycles. The lowest BCUT2D eigenvalue weighted by Gasteiger charge is -2.22. The van der Waals surface area contributed by atoms with Gasteiger partial charge < -0.3 is 10.1 Å². The Labute approximate surface area is 109 Å². The highest BCUT2D eigenvalue weighted by Gasteiger charge is 2.26. The third-order valence-corrected chi connectivity index (χ3v) is 2.39. The fourth-order valence-electron chi connectivity index (χ4n) is 1.25. The van der Waals surface area contributed by atoms with Gasteiger partial charge in [0.15, 0.2) is 0 Å². The van der Waals surface area contributed by atoms with Gasteiger partial charge in [-0.15, -0.1) is 0 Å². The van der Waals surface area contributed by atoms with Crippen LogP contribution in [-0.4, -0.2) is 30.1 Å². The van der Waals surface area contributed by atoms with Crippen molar-refractivity contribution >= 4 is 17.5 Å². The molecule has 5 nitrogen and oxygen atoms in total. The zero-order valence-corrected chi connectivity index (χ0v) is 10.6. The number of aromatic nitrogens is 1. The number of nitrogens with one attached hydrogen (secondary N) is 1. The number of pyridine rings is 1. The summed E-state index contributed by atoms with van der Waals surface area (Å²) in [5, 5.41) is 11.2. The topological polar surface area (TPSA) is 75.0 Å². The minimum atomic E-state index is -1.17. The van der Waals surface area contributed by atoms with Crippen LogP contribution in [0.4, 0.5) is 4.39 Å². The van der Waals surface area contributed by atoms with Crippen molar-refractivity contribution in [3.63, 3.8) is 0 Å². The molecule has 1 unspecified atom stereocenters. The van der Waals surface area contributed by atoms with E-state index < -0.39 is 17.4 Å². The highest BCUT2D eigenvalue weighted by atomic mass is 35.5. The average Bonchev–Trinajstić information content (AvgIpc) is 2.32. The van der Waals surface area contributed by atoms with Crippen LogP contribution in [0.3, 0.4) is 0 Å². The zero-order valence-electron chi connectivity index (χ0n) is 9.83. The number of nitrogens with zero attached hydrogens (tertiary/aromatic N) is 2. The molecule has 1 aromatic rings. The van der Waals surface area contributed by atoms with Crippen molar-refractivity contribution in [2.45, 2.75) is 12.5 Å². The molecule has 1 rings (SSSR count). The Morgan fingerprint density at radius 1 is 1.78 bits per heavy atom. The first-order chi connectivity index (χ1) is 8.41. The lowest BCUT2D eigenvalue weighted by atomic mass is 10.1. The number of amides is 1. The Bertz CT molecular complexity index is 504. The molecule has 0 saturated heterocycles. The van der Waals surface area contributed by atoms with Crippen molar-refractivity contribution in [3.05, 3.63) is 28.8 Å². The lowest BCUT2D eigenvalue weighted by molar-refractivity contribution is 0.0859. The van der Waals surface area contributed by atoms with Crippen LogP contribution < -0.4 is 5.32 Å². The molecule has 96 valence electrons. The SMILES string of the molecule is COCC(C)(C#N)NC(=O)c1cnc(F)c(Cl)c1. The monoisotopic (exact) mass is 271 g/mol. The van der Waals surface area contributed by atoms with Gasteiger partial charge in [0.1, 0.15) is 5.54 Å². The predicted octanol–water partition coefficient (Wildman–Crippen LogP) is 1.53. The van der Waals surface area contributed by atoms with Crippen LogP contribution in [0.1, 0.15) is 17.3 Å². The molecular weight excluding hydrogens is 261 g/mol. The van der Waals surface area contributed by atoms with E-state index in [1.807, 2.05) is 6.07 Å². The first-order valence-corrected chi connectivity index (χ1v) is 5.33. The largest absolute Gasteiger partial charge is 0.381 e. The maximum atomic E-state index is 12.8. The summed E-state index contributed by atoms with van der Waals surface area (Å²) in [6.45, 7) is 1.53. The third-order valence-electron chi connectivity index (χ3n) is 2.13. The molecule has 0 radical (unpaired) electrons. The smallest absolute Gasteiger partial charge is 0.254 e. The first-order valence-electron chi connectivity index (χ1n) is 4.95. The summed E-state index contributed by atoms with van der Waals surface area (Å²) in [6, 6.07) is 3.06. The van der Waals surface area contributed by atoms with Crippen molar-refractivity contribution in [3.8, 4) is 6.07 Å². The molecule has 0 spiro atoms. The van der Waals surface area contributed by atoms with Gasteiger partial charge in [0.05, 0.1) is 23.3 Å². The van der Waals surface area contributed by atoms with Crippen LogP contribution in [0.15, 0.2) is 12.3 Å². The van der Waals surface area contributed by atoms with Gasteiger partial charge in [-0.05, 0) is 13.0 Å². The van der Waals surface area contributed by atoms with Crippen LogP contribution >= 0.6 is 11.6 Å². The van der Waals surface area contributed by atoms with Gasteiger partial charge in [0.25, 0.3) is 5.91 Å². The molecule has 1 atom stereocenters. The van der Waals surface area contributed by atoms with E-state index in [1.165, 1.54) is 14.0 Å². The van der Waals surface area contributed by atoms with Gasteiger partial charge in [-0.25, -0.2) is 4.98 Å². The van der Waals surface area contributed by atoms with Crippen molar-refractivity contribution in [1.82, 2.24) is 10.3 Å². The Balaban J connectivity index is 2.88. The van der Waals surface area contributed by atoms with Crippen molar-refractivity contribution < 1.29 is 13.9 Å². The Hall–Kier alpha value is -1.71. The standard InChI is InChI=1S/C11H11ClFN3O2/c1-11(5-14,6-18-2)16-10(17)7-3-8(12)9(13)15-4-7/h3-4H,6H2,1-2H3,(H,16,17). The van der Waals surface area contributed by atoms with Crippen molar-refractivity contribution in [2.75, 3.05) is 13.7 Å². The minimum Gasteiger partial charge on any atom is -0.381 e. The quantitative estimate of drug-likeness (QED) is 0.843. The fourth-order valence-corrected chi connectivity index (χ4v) is 1.42. The molecule has 0 aliphatic carbocycles. The van der Waals surface area contributed by atoms with Crippen molar-refractivity contribution in [1.29, 1.82) is 5.26 Å². The minimum absolute atomic E-state index is 0.0254. The molecule has 1 N–H and O–H groups in total. The highest BCUT2D eigenvalue weighted by Crippen LogP contribution is 2.14. The molecule has 7 heteroatoms. The van der Waals surface area contributed by atoms with E-state index >= 15 is 0 Å². The number of hydrogen-bond acceptors (Lipinski definition) is 4. The van der Waals surface area contributed by atoms with Gasteiger partial charge in [0, 0.05) is 13.3 Å². The van der Waals surface area contributed by atoms with Gasteiger partial charge in [-0.2, -0.15) is 9.65 Å². The number of nitriles is 1. The van der Waals surface area contributed by atoms with Gasteiger partial charge in [-0.3, -0.25) is 4.79 Å². The maximum Gasteiger partial charge on any atom is 0.254 e. The van der Waals surface area contributed by atoms with E-state index in [0.717, 1.165) is 12.3 Å². The highest BCUT2D eigenvalue weighted by molar-refractivity contribution is 6.30. The van der Waals surface area contributed by atoms with Crippen LogP contribution in [-0.2, 0) is 4.74 Å². The van der Waals surface area contributed by atoms with E-state index in [4.69, 9.17) is 21.6 Å². The number of halogens is 2. The molecule has 1 aromatic heterocycles. The van der Waals surface area contributed by atoms with E-state index in [2.05, 4.69) is 10.3 Å². The summed E-state index contributed by atoms with van der Waals surface area (Å²) in [4.78, 5) is 15.1. The summed E-state index contributed by atoms with van der Waals surface area (Å²) in [5.74, 6) is -1.43. The Morgan fingerprint density at radius 2 is 2.44 bits per heavy atom. The van der Waals surface area contributed by atoms with E-state index in [9.17, 15) is 9.18 Å². The Kier molecular flexibility index (Phi) is 4.59. The molecule has 0 aliphatic rings. The first kappa shape index (κ1) is 14.4. The fraction of sp³-hybridized carbons (Fsp3) is 0.364. The number of carbonyl (C=O) groups excluding carboxylic acids is 1. The molecular formula is C11H11ClFN3O2. The van der Waals surface area contributed by atoms with Crippen molar-refractivity contribution in [2.24, 2.45) is 0 Å². The molecule has 1 amide bonds. The van der Waals surface area contributed by atoms with Crippen LogP contribution in [0.2, 0.25) is 5.02 Å². The third kappa shape index (κ3) is 3.39. The van der Waals surface area contributed by atoms with E-state index in [0.29, 0.717) is 0 Å². The van der Waals surface area contributed by atoms with Crippen LogP contribution in [0.5, 0.6) is 0 Å². The normalized spacial score (nSPS) is 13.5. The average molecular weight is 272 g/mol. The van der Waals surface area contributed by atoms with Crippen LogP contribution in [0.25, 0.3) is 0 Å².